The number of nitrogens with zero attached hydrogens (tertiary/aromatic N) is 2. The van der Waals surface area contributed by atoms with Gasteiger partial charge in [0.2, 0.25) is 6.33 Å². The fourth-order valence-electron chi connectivity index (χ4n) is 3.72. The standard InChI is InChI=1S/C25H21N2/c1-3-7-24-15-20(9-11-22(24)5-1)17-26-13-14-27(19-26)18-21-10-12-23-6-2-4-8-25(23)16-21/h1-16,19H,17-18H2/q+1. The minimum absolute atomic E-state index is 0.884. The molecule has 27 heavy (non-hydrogen) atoms. The Labute approximate surface area is 158 Å². The van der Waals surface area contributed by atoms with E-state index >= 15 is 0 Å². The average Bonchev–Trinajstić information content (AvgIpc) is 3.14. The maximum absolute atomic E-state index is 2.28. The van der Waals surface area contributed by atoms with Crippen molar-refractivity contribution in [3.8, 4) is 0 Å². The van der Waals surface area contributed by atoms with Gasteiger partial charge in [0.15, 0.2) is 0 Å². The summed E-state index contributed by atoms with van der Waals surface area (Å²) in [7, 11) is 0. The van der Waals surface area contributed by atoms with Crippen molar-refractivity contribution in [1.29, 1.82) is 0 Å². The number of imidazole rings is 1. The van der Waals surface area contributed by atoms with Crippen LogP contribution >= 0.6 is 0 Å². The van der Waals surface area contributed by atoms with Crippen LogP contribution in [-0.4, -0.2) is 4.57 Å². The van der Waals surface area contributed by atoms with Crippen LogP contribution in [0.25, 0.3) is 21.5 Å². The van der Waals surface area contributed by atoms with Gasteiger partial charge in [-0.3, -0.25) is 0 Å². The SMILES string of the molecule is c1ccc2cc(Cn3cc[n+](Cc4ccc5ccccc5c4)c3)ccc2c1. The third-order valence-corrected chi connectivity index (χ3v) is 5.10. The summed E-state index contributed by atoms with van der Waals surface area (Å²) >= 11 is 0. The molecule has 0 radical (unpaired) electrons. The second-order valence-corrected chi connectivity index (χ2v) is 7.12. The minimum atomic E-state index is 0.884. The topological polar surface area (TPSA) is 8.81 Å². The highest BCUT2D eigenvalue weighted by molar-refractivity contribution is 5.83. The van der Waals surface area contributed by atoms with Crippen molar-refractivity contribution in [2.24, 2.45) is 0 Å². The predicted octanol–water partition coefficient (Wildman–Crippen LogP) is 5.18. The van der Waals surface area contributed by atoms with Gasteiger partial charge in [0.1, 0.15) is 25.5 Å². The Balaban J connectivity index is 1.35. The normalized spacial score (nSPS) is 11.3. The first kappa shape index (κ1) is 15.8. The van der Waals surface area contributed by atoms with Gasteiger partial charge in [-0.2, -0.15) is 0 Å². The number of hydrogen-bond acceptors (Lipinski definition) is 0. The van der Waals surface area contributed by atoms with Crippen LogP contribution in [-0.2, 0) is 13.1 Å². The van der Waals surface area contributed by atoms with E-state index in [4.69, 9.17) is 0 Å². The van der Waals surface area contributed by atoms with E-state index < -0.39 is 0 Å². The van der Waals surface area contributed by atoms with E-state index in [9.17, 15) is 0 Å². The van der Waals surface area contributed by atoms with E-state index in [1.165, 1.54) is 32.7 Å². The molecule has 0 N–H and O–H groups in total. The lowest BCUT2D eigenvalue weighted by Crippen LogP contribution is -2.31. The quantitative estimate of drug-likeness (QED) is 0.395. The molecular weight excluding hydrogens is 328 g/mol. The Kier molecular flexibility index (Phi) is 3.95. The third-order valence-electron chi connectivity index (χ3n) is 5.10. The van der Waals surface area contributed by atoms with Crippen LogP contribution in [0.15, 0.2) is 104 Å². The maximum Gasteiger partial charge on any atom is 0.244 e. The minimum Gasteiger partial charge on any atom is -0.233 e. The molecule has 2 heteroatoms. The monoisotopic (exact) mass is 349 g/mol. The van der Waals surface area contributed by atoms with Crippen LogP contribution in [0, 0.1) is 0 Å². The molecule has 0 fully saturated rings. The van der Waals surface area contributed by atoms with Crippen LogP contribution in [0.3, 0.4) is 0 Å². The highest BCUT2D eigenvalue weighted by Crippen LogP contribution is 2.17. The van der Waals surface area contributed by atoms with Gasteiger partial charge in [-0.25, -0.2) is 9.13 Å². The molecule has 1 aromatic heterocycles. The van der Waals surface area contributed by atoms with Crippen molar-refractivity contribution in [2.75, 3.05) is 0 Å². The lowest BCUT2D eigenvalue weighted by Gasteiger charge is -2.02. The Bertz CT molecular complexity index is 1140. The summed E-state index contributed by atoms with van der Waals surface area (Å²) in [6.07, 6.45) is 6.48. The van der Waals surface area contributed by atoms with Crippen molar-refractivity contribution in [3.05, 3.63) is 115 Å². The molecule has 130 valence electrons. The van der Waals surface area contributed by atoms with Gasteiger partial charge in [0, 0.05) is 0 Å². The first-order valence-corrected chi connectivity index (χ1v) is 9.34. The smallest absolute Gasteiger partial charge is 0.233 e. The maximum atomic E-state index is 2.28. The molecular formula is C25H21N2+. The molecule has 4 aromatic carbocycles. The average molecular weight is 349 g/mol. The number of fused-ring (bicyclic) bond motifs is 2. The number of rotatable bonds is 4. The summed E-state index contributed by atoms with van der Waals surface area (Å²) in [5.74, 6) is 0. The molecule has 0 atom stereocenters. The summed E-state index contributed by atoms with van der Waals surface area (Å²) in [4.78, 5) is 0. The molecule has 0 amide bonds. The van der Waals surface area contributed by atoms with Crippen LogP contribution < -0.4 is 4.57 Å². The van der Waals surface area contributed by atoms with Gasteiger partial charge in [-0.15, -0.1) is 0 Å². The Morgan fingerprint density at radius 2 is 1.22 bits per heavy atom. The lowest BCUT2D eigenvalue weighted by atomic mass is 10.1. The predicted molar refractivity (Wildman–Crippen MR) is 111 cm³/mol. The molecule has 0 aliphatic heterocycles. The Morgan fingerprint density at radius 1 is 0.630 bits per heavy atom. The van der Waals surface area contributed by atoms with E-state index in [2.05, 4.69) is 113 Å². The summed E-state index contributed by atoms with van der Waals surface area (Å²) in [5.41, 5.74) is 2.64. The molecule has 2 nitrogen and oxygen atoms in total. The largest absolute Gasteiger partial charge is 0.244 e. The van der Waals surface area contributed by atoms with Crippen molar-refractivity contribution < 1.29 is 4.57 Å². The second-order valence-electron chi connectivity index (χ2n) is 7.12. The Morgan fingerprint density at radius 3 is 1.93 bits per heavy atom. The van der Waals surface area contributed by atoms with Crippen LogP contribution in [0.2, 0.25) is 0 Å². The highest BCUT2D eigenvalue weighted by atomic mass is 15.1. The van der Waals surface area contributed by atoms with Crippen molar-refractivity contribution in [3.63, 3.8) is 0 Å². The summed E-state index contributed by atoms with van der Waals surface area (Å²) < 4.78 is 4.48. The summed E-state index contributed by atoms with van der Waals surface area (Å²) in [6, 6.07) is 30.4. The van der Waals surface area contributed by atoms with Crippen LogP contribution in [0.4, 0.5) is 0 Å². The van der Waals surface area contributed by atoms with Gasteiger partial charge in [-0.1, -0.05) is 72.8 Å². The van der Waals surface area contributed by atoms with Gasteiger partial charge in [0.25, 0.3) is 0 Å². The van der Waals surface area contributed by atoms with Crippen molar-refractivity contribution in [2.45, 2.75) is 13.1 Å². The molecule has 1 heterocycles. The fourth-order valence-corrected chi connectivity index (χ4v) is 3.72. The van der Waals surface area contributed by atoms with Crippen molar-refractivity contribution in [1.82, 2.24) is 4.57 Å². The summed E-state index contributed by atoms with van der Waals surface area (Å²) in [5, 5.41) is 5.18. The molecule has 0 saturated carbocycles. The van der Waals surface area contributed by atoms with Gasteiger partial charge in [0.05, 0.1) is 0 Å². The molecule has 0 saturated heterocycles. The zero-order valence-corrected chi connectivity index (χ0v) is 15.1. The van der Waals surface area contributed by atoms with E-state index in [-0.39, 0.29) is 0 Å². The zero-order valence-electron chi connectivity index (χ0n) is 15.1. The number of aromatic nitrogens is 2. The van der Waals surface area contributed by atoms with Gasteiger partial charge < -0.3 is 0 Å². The summed E-state index contributed by atoms with van der Waals surface area (Å²) in [6.45, 7) is 1.77. The Hall–Kier alpha value is -3.39. The molecule has 5 rings (SSSR count). The fraction of sp³-hybridized carbons (Fsp3) is 0.0800. The third kappa shape index (κ3) is 3.34. The highest BCUT2D eigenvalue weighted by Gasteiger charge is 2.07. The van der Waals surface area contributed by atoms with Crippen molar-refractivity contribution >= 4 is 21.5 Å². The molecule has 0 aliphatic rings. The first-order valence-electron chi connectivity index (χ1n) is 9.34. The van der Waals surface area contributed by atoms with E-state index in [0.29, 0.717) is 0 Å². The zero-order chi connectivity index (χ0) is 18.1. The lowest BCUT2D eigenvalue weighted by molar-refractivity contribution is -0.687. The molecule has 0 bridgehead atoms. The number of benzene rings is 4. The van der Waals surface area contributed by atoms with Gasteiger partial charge in [-0.05, 0) is 44.8 Å². The van der Waals surface area contributed by atoms with E-state index in [0.717, 1.165) is 13.1 Å². The van der Waals surface area contributed by atoms with Crippen LogP contribution in [0.1, 0.15) is 11.1 Å². The number of hydrogen-bond donors (Lipinski definition) is 0. The van der Waals surface area contributed by atoms with Gasteiger partial charge >= 0.3 is 0 Å². The molecule has 5 aromatic rings. The van der Waals surface area contributed by atoms with E-state index in [1.807, 2.05) is 0 Å². The molecule has 0 spiro atoms. The molecule has 0 aliphatic carbocycles. The second kappa shape index (κ2) is 6.73. The molecule has 0 unspecified atom stereocenters. The first-order chi connectivity index (χ1) is 13.3. The van der Waals surface area contributed by atoms with Crippen LogP contribution in [0.5, 0.6) is 0 Å². The van der Waals surface area contributed by atoms with E-state index in [1.54, 1.807) is 0 Å².